The molecule has 0 fully saturated rings. The Morgan fingerprint density at radius 2 is 2.00 bits per heavy atom. The van der Waals surface area contributed by atoms with Crippen LogP contribution in [-0.2, 0) is 13.0 Å². The number of hydrogen-bond acceptors (Lipinski definition) is 3. The predicted molar refractivity (Wildman–Crippen MR) is 80.9 cm³/mol. The van der Waals surface area contributed by atoms with E-state index in [1.807, 2.05) is 23.7 Å². The summed E-state index contributed by atoms with van der Waals surface area (Å²) >= 11 is 0. The number of nitrogens with two attached hydrogens (primary N) is 1. The van der Waals surface area contributed by atoms with Crippen molar-refractivity contribution in [1.82, 2.24) is 9.78 Å². The molecule has 20 heavy (non-hydrogen) atoms. The van der Waals surface area contributed by atoms with Gasteiger partial charge in [-0.2, -0.15) is 5.10 Å². The highest BCUT2D eigenvalue weighted by molar-refractivity contribution is 5.27. The Morgan fingerprint density at radius 1 is 1.30 bits per heavy atom. The fourth-order valence-corrected chi connectivity index (χ4v) is 2.38. The van der Waals surface area contributed by atoms with Crippen LogP contribution in [0.3, 0.4) is 0 Å². The van der Waals surface area contributed by atoms with Gasteiger partial charge >= 0.3 is 0 Å². The van der Waals surface area contributed by atoms with Gasteiger partial charge in [0.2, 0.25) is 0 Å². The molecule has 4 nitrogen and oxygen atoms in total. The van der Waals surface area contributed by atoms with Crippen molar-refractivity contribution in [1.29, 1.82) is 0 Å². The van der Waals surface area contributed by atoms with Crippen molar-refractivity contribution in [2.75, 3.05) is 7.11 Å². The molecule has 4 heteroatoms. The maximum atomic E-state index is 6.30. The zero-order valence-electron chi connectivity index (χ0n) is 12.5. The van der Waals surface area contributed by atoms with Crippen molar-refractivity contribution in [3.05, 3.63) is 47.3 Å². The summed E-state index contributed by atoms with van der Waals surface area (Å²) in [4.78, 5) is 0. The zero-order valence-corrected chi connectivity index (χ0v) is 12.5. The number of benzene rings is 1. The molecule has 2 aromatic rings. The summed E-state index contributed by atoms with van der Waals surface area (Å²) in [7, 11) is 1.68. The second-order valence-electron chi connectivity index (χ2n) is 5.02. The molecule has 0 spiro atoms. The maximum absolute atomic E-state index is 6.30. The van der Waals surface area contributed by atoms with Crippen LogP contribution in [0.5, 0.6) is 5.75 Å². The lowest BCUT2D eigenvalue weighted by Gasteiger charge is -2.13. The highest BCUT2D eigenvalue weighted by Crippen LogP contribution is 2.19. The second-order valence-corrected chi connectivity index (χ2v) is 5.02. The third kappa shape index (κ3) is 3.39. The molecule has 0 saturated carbocycles. The van der Waals surface area contributed by atoms with Crippen molar-refractivity contribution in [2.24, 2.45) is 5.73 Å². The van der Waals surface area contributed by atoms with E-state index < -0.39 is 0 Å². The maximum Gasteiger partial charge on any atom is 0.118 e. The Bertz CT molecular complexity index is 545. The molecule has 108 valence electrons. The molecule has 0 bridgehead atoms. The molecular weight excluding hydrogens is 250 g/mol. The van der Waals surface area contributed by atoms with Gasteiger partial charge in [0.1, 0.15) is 5.75 Å². The van der Waals surface area contributed by atoms with E-state index in [4.69, 9.17) is 10.5 Å². The number of hydrogen-bond donors (Lipinski definition) is 1. The van der Waals surface area contributed by atoms with Gasteiger partial charge in [-0.25, -0.2) is 0 Å². The average Bonchev–Trinajstić information content (AvgIpc) is 2.86. The fraction of sp³-hybridized carbons (Fsp3) is 0.438. The molecule has 0 aliphatic heterocycles. The molecule has 1 aromatic carbocycles. The summed E-state index contributed by atoms with van der Waals surface area (Å²) in [6, 6.07) is 10.3. The highest BCUT2D eigenvalue weighted by Gasteiger charge is 2.12. The Hall–Kier alpha value is -1.81. The fourth-order valence-electron chi connectivity index (χ4n) is 2.38. The number of ether oxygens (including phenoxy) is 1. The molecule has 0 saturated heterocycles. The van der Waals surface area contributed by atoms with Crippen molar-refractivity contribution < 1.29 is 4.74 Å². The van der Waals surface area contributed by atoms with E-state index in [-0.39, 0.29) is 6.04 Å². The normalized spacial score (nSPS) is 12.4. The van der Waals surface area contributed by atoms with Crippen LogP contribution in [0.25, 0.3) is 0 Å². The van der Waals surface area contributed by atoms with Gasteiger partial charge in [0.05, 0.1) is 18.5 Å². The molecule has 0 radical (unpaired) electrons. The zero-order chi connectivity index (χ0) is 14.5. The second kappa shape index (κ2) is 6.57. The number of nitrogens with zero attached hydrogens (tertiary/aromatic N) is 2. The van der Waals surface area contributed by atoms with Crippen molar-refractivity contribution in [3.8, 4) is 5.75 Å². The van der Waals surface area contributed by atoms with Crippen molar-refractivity contribution >= 4 is 0 Å². The summed E-state index contributed by atoms with van der Waals surface area (Å²) in [5.41, 5.74) is 9.73. The largest absolute Gasteiger partial charge is 0.497 e. The molecule has 1 aromatic heterocycles. The summed E-state index contributed by atoms with van der Waals surface area (Å²) in [6.45, 7) is 4.96. The predicted octanol–water partition coefficient (Wildman–Crippen LogP) is 2.85. The van der Waals surface area contributed by atoms with Gasteiger partial charge in [0, 0.05) is 12.6 Å². The number of aryl methyl sites for hydroxylation is 3. The minimum Gasteiger partial charge on any atom is -0.497 e. The van der Waals surface area contributed by atoms with Crippen molar-refractivity contribution in [3.63, 3.8) is 0 Å². The number of methoxy groups -OCH3 is 1. The van der Waals surface area contributed by atoms with E-state index in [1.54, 1.807) is 7.11 Å². The third-order valence-electron chi connectivity index (χ3n) is 3.52. The minimum absolute atomic E-state index is 0.0262. The first-order valence-corrected chi connectivity index (χ1v) is 7.07. The van der Waals surface area contributed by atoms with Gasteiger partial charge in [0.15, 0.2) is 0 Å². The van der Waals surface area contributed by atoms with Crippen molar-refractivity contribution in [2.45, 2.75) is 39.3 Å². The standard InChI is InChI=1S/C16H23N3O/c1-4-19-16(11-12(2)18-19)15(17)10-7-13-5-8-14(20-3)9-6-13/h5-6,8-9,11,15H,4,7,10,17H2,1-3H3. The monoisotopic (exact) mass is 273 g/mol. The van der Waals surface area contributed by atoms with Gasteiger partial charge in [-0.1, -0.05) is 12.1 Å². The van der Waals surface area contributed by atoms with E-state index in [0.717, 1.165) is 36.5 Å². The molecule has 0 aliphatic carbocycles. The minimum atomic E-state index is 0.0262. The van der Waals surface area contributed by atoms with Crippen LogP contribution in [0.2, 0.25) is 0 Å². The van der Waals surface area contributed by atoms with E-state index >= 15 is 0 Å². The number of rotatable bonds is 6. The average molecular weight is 273 g/mol. The van der Waals surface area contributed by atoms with Crippen LogP contribution in [0.15, 0.2) is 30.3 Å². The lowest BCUT2D eigenvalue weighted by atomic mass is 10.0. The van der Waals surface area contributed by atoms with Crippen LogP contribution in [-0.4, -0.2) is 16.9 Å². The molecule has 0 amide bonds. The molecule has 2 rings (SSSR count). The van der Waals surface area contributed by atoms with Gasteiger partial charge in [-0.05, 0) is 50.5 Å². The molecule has 1 heterocycles. The Kier molecular flexibility index (Phi) is 4.79. The quantitative estimate of drug-likeness (QED) is 0.880. The van der Waals surface area contributed by atoms with E-state index in [1.165, 1.54) is 5.56 Å². The van der Waals surface area contributed by atoms with Crippen LogP contribution in [0.1, 0.15) is 36.3 Å². The topological polar surface area (TPSA) is 53.1 Å². The molecule has 2 N–H and O–H groups in total. The van der Waals surface area contributed by atoms with E-state index in [0.29, 0.717) is 0 Å². The Balaban J connectivity index is 1.98. The third-order valence-corrected chi connectivity index (χ3v) is 3.52. The van der Waals surface area contributed by atoms with Gasteiger partial charge in [0.25, 0.3) is 0 Å². The number of aromatic nitrogens is 2. The summed E-state index contributed by atoms with van der Waals surface area (Å²) < 4.78 is 7.15. The first-order valence-electron chi connectivity index (χ1n) is 7.07. The molecule has 0 aliphatic rings. The Morgan fingerprint density at radius 3 is 2.60 bits per heavy atom. The van der Waals surface area contributed by atoms with Crippen LogP contribution < -0.4 is 10.5 Å². The van der Waals surface area contributed by atoms with Crippen LogP contribution >= 0.6 is 0 Å². The highest BCUT2D eigenvalue weighted by atomic mass is 16.5. The summed E-state index contributed by atoms with van der Waals surface area (Å²) in [5.74, 6) is 0.887. The van der Waals surface area contributed by atoms with Gasteiger partial charge in [-0.15, -0.1) is 0 Å². The smallest absolute Gasteiger partial charge is 0.118 e. The lowest BCUT2D eigenvalue weighted by Crippen LogP contribution is -2.16. The Labute approximate surface area is 120 Å². The summed E-state index contributed by atoms with van der Waals surface area (Å²) in [6.07, 6.45) is 1.87. The molecular formula is C16H23N3O. The first kappa shape index (κ1) is 14.6. The molecule has 1 unspecified atom stereocenters. The van der Waals surface area contributed by atoms with E-state index in [9.17, 15) is 0 Å². The van der Waals surface area contributed by atoms with E-state index in [2.05, 4.69) is 30.2 Å². The van der Waals surface area contributed by atoms with Crippen LogP contribution in [0.4, 0.5) is 0 Å². The van der Waals surface area contributed by atoms with Crippen LogP contribution in [0, 0.1) is 6.92 Å². The summed E-state index contributed by atoms with van der Waals surface area (Å²) in [5, 5.41) is 4.45. The van der Waals surface area contributed by atoms with Gasteiger partial charge in [-0.3, -0.25) is 4.68 Å². The van der Waals surface area contributed by atoms with Gasteiger partial charge < -0.3 is 10.5 Å². The first-order chi connectivity index (χ1) is 9.63. The lowest BCUT2D eigenvalue weighted by molar-refractivity contribution is 0.414. The molecule has 1 atom stereocenters. The SMILES string of the molecule is CCn1nc(C)cc1C(N)CCc1ccc(OC)cc1.